The van der Waals surface area contributed by atoms with Gasteiger partial charge in [-0.2, -0.15) is 18.4 Å². The summed E-state index contributed by atoms with van der Waals surface area (Å²) in [5, 5.41) is 25.7. The number of rotatable bonds is 10. The van der Waals surface area contributed by atoms with Crippen LogP contribution in [0.5, 0.6) is 0 Å². The minimum absolute atomic E-state index is 0.100. The van der Waals surface area contributed by atoms with Crippen LogP contribution in [0.3, 0.4) is 0 Å². The third-order valence-electron chi connectivity index (χ3n) is 6.40. The van der Waals surface area contributed by atoms with Crippen LogP contribution >= 0.6 is 11.6 Å². The molecular formula is C29H27ClF3N5O2. The second-order valence-corrected chi connectivity index (χ2v) is 9.71. The minimum atomic E-state index is -4.47. The first-order chi connectivity index (χ1) is 18.8. The van der Waals surface area contributed by atoms with Crippen molar-refractivity contribution < 1.29 is 22.8 Å². The number of benzene rings is 2. The Kier molecular flexibility index (Phi) is 9.22. The van der Waals surface area contributed by atoms with E-state index < -0.39 is 23.1 Å². The molecule has 0 atom stereocenters. The predicted molar refractivity (Wildman–Crippen MR) is 149 cm³/mol. The highest BCUT2D eigenvalue weighted by molar-refractivity contribution is 6.34. The Labute approximate surface area is 234 Å². The average molecular weight is 570 g/mol. The Morgan fingerprint density at radius 1 is 1.18 bits per heavy atom. The van der Waals surface area contributed by atoms with E-state index in [2.05, 4.69) is 22.5 Å². The molecule has 0 aliphatic heterocycles. The second kappa shape index (κ2) is 12.2. The molecule has 208 valence electrons. The number of nitrogens with zero attached hydrogens (tertiary/aromatic N) is 1. The van der Waals surface area contributed by atoms with Gasteiger partial charge in [-0.3, -0.25) is 9.59 Å². The van der Waals surface area contributed by atoms with E-state index in [0.717, 1.165) is 19.2 Å². The van der Waals surface area contributed by atoms with Crippen molar-refractivity contribution >= 4 is 41.0 Å². The predicted octanol–water partition coefficient (Wildman–Crippen LogP) is 6.89. The lowest BCUT2D eigenvalue weighted by molar-refractivity contribution is -0.124. The quantitative estimate of drug-likeness (QED) is 0.184. The molecule has 3 rings (SSSR count). The van der Waals surface area contributed by atoms with Crippen LogP contribution in [-0.2, 0) is 11.3 Å². The first-order valence-electron chi connectivity index (χ1n) is 12.1. The summed E-state index contributed by atoms with van der Waals surface area (Å²) >= 11 is 6.27. The molecule has 1 aliphatic rings. The Hall–Kier alpha value is -4.36. The van der Waals surface area contributed by atoms with Gasteiger partial charge >= 0.3 is 6.18 Å². The maximum absolute atomic E-state index is 13.2. The zero-order valence-electron chi connectivity index (χ0n) is 21.8. The van der Waals surface area contributed by atoms with E-state index in [9.17, 15) is 28.0 Å². The molecule has 0 spiro atoms. The summed E-state index contributed by atoms with van der Waals surface area (Å²) in [6.45, 7) is 6.23. The van der Waals surface area contributed by atoms with E-state index in [-0.39, 0.29) is 45.6 Å². The molecule has 2 aromatic rings. The van der Waals surface area contributed by atoms with Crippen molar-refractivity contribution in [1.82, 2.24) is 5.32 Å². The van der Waals surface area contributed by atoms with Crippen molar-refractivity contribution in [2.24, 2.45) is 5.41 Å². The van der Waals surface area contributed by atoms with Crippen molar-refractivity contribution in [2.75, 3.05) is 10.6 Å². The normalized spacial score (nSPS) is 14.8. The highest BCUT2D eigenvalue weighted by Crippen LogP contribution is 2.45. The van der Waals surface area contributed by atoms with Crippen LogP contribution in [0.4, 0.5) is 24.5 Å². The van der Waals surface area contributed by atoms with Crippen LogP contribution in [0.25, 0.3) is 0 Å². The molecule has 1 fully saturated rings. The fraction of sp³-hybridized carbons (Fsp3) is 0.241. The van der Waals surface area contributed by atoms with Crippen molar-refractivity contribution in [3.8, 4) is 6.07 Å². The number of hydrogen-bond donors (Lipinski definition) is 4. The van der Waals surface area contributed by atoms with Crippen molar-refractivity contribution in [3.05, 3.63) is 93.7 Å². The largest absolute Gasteiger partial charge is 0.412 e. The summed E-state index contributed by atoms with van der Waals surface area (Å²) < 4.78 is 39.0. The van der Waals surface area contributed by atoms with Crippen LogP contribution in [0, 0.1) is 22.2 Å². The molecule has 2 amide bonds. The highest BCUT2D eigenvalue weighted by atomic mass is 35.5. The SMILES string of the molecule is C=CC(Nc1cccc(NC(=O)c2cc(CNC(=O)C3(C#N)CC3)ccc2Cl)c1C=N)=C(C)/C=C(\C)C(F)(F)F. The Bertz CT molecular complexity index is 1470. The lowest BCUT2D eigenvalue weighted by atomic mass is 10.1. The molecule has 0 aromatic heterocycles. The summed E-state index contributed by atoms with van der Waals surface area (Å²) in [5.74, 6) is -0.934. The fourth-order valence-electron chi connectivity index (χ4n) is 3.79. The number of anilines is 2. The summed E-state index contributed by atoms with van der Waals surface area (Å²) in [5.41, 5.74) is 0.409. The third kappa shape index (κ3) is 6.98. The van der Waals surface area contributed by atoms with Crippen molar-refractivity contribution in [1.29, 1.82) is 10.7 Å². The average Bonchev–Trinajstić information content (AvgIpc) is 3.72. The molecule has 1 aliphatic carbocycles. The first-order valence-corrected chi connectivity index (χ1v) is 12.5. The number of carbonyl (C=O) groups excluding carboxylic acids is 2. The molecule has 11 heteroatoms. The van der Waals surface area contributed by atoms with E-state index in [1.54, 1.807) is 24.3 Å². The van der Waals surface area contributed by atoms with Gasteiger partial charge in [0.2, 0.25) is 5.91 Å². The van der Waals surface area contributed by atoms with Crippen LogP contribution in [0.1, 0.15) is 48.2 Å². The number of nitriles is 1. The molecule has 7 nitrogen and oxygen atoms in total. The molecule has 0 heterocycles. The zero-order valence-corrected chi connectivity index (χ0v) is 22.6. The van der Waals surface area contributed by atoms with E-state index in [1.165, 1.54) is 25.1 Å². The fourth-order valence-corrected chi connectivity index (χ4v) is 3.99. The number of alkyl halides is 3. The second-order valence-electron chi connectivity index (χ2n) is 9.31. The van der Waals surface area contributed by atoms with Gasteiger partial charge in [-0.1, -0.05) is 30.3 Å². The zero-order chi connectivity index (χ0) is 29.7. The van der Waals surface area contributed by atoms with E-state index in [4.69, 9.17) is 17.0 Å². The van der Waals surface area contributed by atoms with Gasteiger partial charge in [-0.15, -0.1) is 0 Å². The van der Waals surface area contributed by atoms with Gasteiger partial charge in [0.25, 0.3) is 5.91 Å². The Morgan fingerprint density at radius 2 is 1.82 bits per heavy atom. The monoisotopic (exact) mass is 569 g/mol. The molecule has 0 unspecified atom stereocenters. The molecular weight excluding hydrogens is 543 g/mol. The number of allylic oxidation sites excluding steroid dienone is 4. The number of amides is 2. The van der Waals surface area contributed by atoms with Crippen LogP contribution in [-0.4, -0.2) is 24.2 Å². The summed E-state index contributed by atoms with van der Waals surface area (Å²) in [6, 6.07) is 11.5. The Morgan fingerprint density at radius 3 is 2.38 bits per heavy atom. The standard InChI is InChI=1S/C29H27ClF3N5O2/c1-4-23(17(2)12-18(3)29(31,32)33)37-24-6-5-7-25(21(24)14-34)38-26(39)20-13-19(8-9-22(20)30)15-36-27(40)28(16-35)10-11-28/h4-9,12-14,34,37H,1,10-11,15H2,2-3H3,(H,36,40)(H,38,39)/b18-12+,23-17?,34-14?. The van der Waals surface area contributed by atoms with Gasteiger partial charge in [0.1, 0.15) is 5.41 Å². The number of carbonyl (C=O) groups is 2. The van der Waals surface area contributed by atoms with Gasteiger partial charge in [-0.25, -0.2) is 0 Å². The van der Waals surface area contributed by atoms with Gasteiger partial charge in [0, 0.05) is 35.3 Å². The van der Waals surface area contributed by atoms with Crippen LogP contribution < -0.4 is 16.0 Å². The van der Waals surface area contributed by atoms with Gasteiger partial charge in [0.15, 0.2) is 0 Å². The van der Waals surface area contributed by atoms with Crippen molar-refractivity contribution in [2.45, 2.75) is 39.4 Å². The molecule has 2 aromatic carbocycles. The lowest BCUT2D eigenvalue weighted by Crippen LogP contribution is -2.30. The molecule has 4 N–H and O–H groups in total. The minimum Gasteiger partial charge on any atom is -0.355 e. The molecule has 0 radical (unpaired) electrons. The van der Waals surface area contributed by atoms with Gasteiger partial charge in [0.05, 0.1) is 22.3 Å². The molecule has 40 heavy (non-hydrogen) atoms. The topological polar surface area (TPSA) is 118 Å². The van der Waals surface area contributed by atoms with Crippen LogP contribution in [0.15, 0.2) is 72.0 Å². The van der Waals surface area contributed by atoms with Gasteiger partial charge < -0.3 is 21.4 Å². The first kappa shape index (κ1) is 30.2. The van der Waals surface area contributed by atoms with E-state index in [0.29, 0.717) is 24.1 Å². The third-order valence-corrected chi connectivity index (χ3v) is 6.73. The van der Waals surface area contributed by atoms with E-state index >= 15 is 0 Å². The number of nitrogens with one attached hydrogen (secondary N) is 4. The molecule has 0 saturated heterocycles. The summed E-state index contributed by atoms with van der Waals surface area (Å²) in [6.07, 6.45) is -0.0950. The number of halogens is 4. The maximum atomic E-state index is 13.2. The maximum Gasteiger partial charge on any atom is 0.412 e. The van der Waals surface area contributed by atoms with Crippen molar-refractivity contribution in [3.63, 3.8) is 0 Å². The summed E-state index contributed by atoms with van der Waals surface area (Å²) in [4.78, 5) is 25.4. The van der Waals surface area contributed by atoms with E-state index in [1.807, 2.05) is 6.07 Å². The Balaban J connectivity index is 1.83. The van der Waals surface area contributed by atoms with Gasteiger partial charge in [-0.05, 0) is 74.2 Å². The highest BCUT2D eigenvalue weighted by Gasteiger charge is 2.50. The smallest absolute Gasteiger partial charge is 0.355 e. The lowest BCUT2D eigenvalue weighted by Gasteiger charge is -2.17. The van der Waals surface area contributed by atoms with Crippen LogP contribution in [0.2, 0.25) is 5.02 Å². The number of hydrogen-bond acceptors (Lipinski definition) is 5. The summed E-state index contributed by atoms with van der Waals surface area (Å²) in [7, 11) is 0. The molecule has 1 saturated carbocycles. The molecule has 0 bridgehead atoms.